The Kier molecular flexibility index (Phi) is 3.06. The lowest BCUT2D eigenvalue weighted by Crippen LogP contribution is -2.21. The number of nitrogens with zero attached hydrogens (tertiary/aromatic N) is 1. The van der Waals surface area contributed by atoms with Crippen molar-refractivity contribution in [2.45, 2.75) is 19.8 Å². The molecule has 0 saturated carbocycles. The maximum atomic E-state index is 10.3. The molecule has 2 aromatic rings. The second-order valence-electron chi connectivity index (χ2n) is 5.22. The van der Waals surface area contributed by atoms with Crippen LogP contribution in [0, 0.1) is 6.92 Å². The van der Waals surface area contributed by atoms with Crippen molar-refractivity contribution >= 4 is 28.1 Å². The van der Waals surface area contributed by atoms with Gasteiger partial charge in [0, 0.05) is 42.0 Å². The second kappa shape index (κ2) is 4.61. The van der Waals surface area contributed by atoms with Crippen LogP contribution in [0.4, 0.5) is 5.69 Å². The molecule has 3 heteroatoms. The van der Waals surface area contributed by atoms with Crippen LogP contribution in [-0.4, -0.2) is 24.1 Å². The number of phenols is 1. The minimum absolute atomic E-state index is 0.348. The summed E-state index contributed by atoms with van der Waals surface area (Å²) in [5.74, 6) is 1.34. The Bertz CT molecular complexity index is 638. The Morgan fingerprint density at radius 3 is 2.89 bits per heavy atom. The highest BCUT2D eigenvalue weighted by atomic mass is 35.5. The fourth-order valence-corrected chi connectivity index (χ4v) is 3.46. The van der Waals surface area contributed by atoms with Gasteiger partial charge in [-0.3, -0.25) is 0 Å². The third kappa shape index (κ3) is 1.78. The third-order valence-electron chi connectivity index (χ3n) is 4.13. The molecule has 1 aliphatic heterocycles. The van der Waals surface area contributed by atoms with Gasteiger partial charge in [-0.2, -0.15) is 0 Å². The van der Waals surface area contributed by atoms with Crippen LogP contribution in [0.3, 0.4) is 0 Å². The van der Waals surface area contributed by atoms with Crippen molar-refractivity contribution in [3.8, 4) is 5.75 Å². The van der Waals surface area contributed by atoms with Gasteiger partial charge in [-0.05, 0) is 30.4 Å². The van der Waals surface area contributed by atoms with Crippen LogP contribution in [0.15, 0.2) is 24.3 Å². The Morgan fingerprint density at radius 2 is 2.21 bits per heavy atom. The Hall–Kier alpha value is -1.41. The van der Waals surface area contributed by atoms with Crippen LogP contribution in [0.5, 0.6) is 5.75 Å². The van der Waals surface area contributed by atoms with Gasteiger partial charge in [-0.15, -0.1) is 11.6 Å². The largest absolute Gasteiger partial charge is 0.507 e. The minimum Gasteiger partial charge on any atom is -0.507 e. The number of halogens is 1. The molecule has 0 aliphatic carbocycles. The normalized spacial score (nSPS) is 18.1. The maximum Gasteiger partial charge on any atom is 0.125 e. The molecule has 0 spiro atoms. The van der Waals surface area contributed by atoms with Gasteiger partial charge < -0.3 is 10.0 Å². The molecule has 0 unspecified atom stereocenters. The number of hydrogen-bond acceptors (Lipinski definition) is 2. The van der Waals surface area contributed by atoms with Gasteiger partial charge in [0.25, 0.3) is 0 Å². The second-order valence-corrected chi connectivity index (χ2v) is 5.52. The van der Waals surface area contributed by atoms with Crippen molar-refractivity contribution in [3.63, 3.8) is 0 Å². The van der Waals surface area contributed by atoms with Crippen LogP contribution in [0.1, 0.15) is 24.0 Å². The lowest BCUT2D eigenvalue weighted by atomic mass is 9.92. The fraction of sp³-hybridized carbons (Fsp3) is 0.375. The van der Waals surface area contributed by atoms with Gasteiger partial charge in [0.05, 0.1) is 0 Å². The molecule has 1 heterocycles. The zero-order chi connectivity index (χ0) is 13.6. The fourth-order valence-electron chi connectivity index (χ4n) is 3.21. The molecule has 3 rings (SSSR count). The van der Waals surface area contributed by atoms with E-state index in [1.165, 1.54) is 16.5 Å². The zero-order valence-corrected chi connectivity index (χ0v) is 12.0. The Balaban J connectivity index is 2.39. The van der Waals surface area contributed by atoms with E-state index in [2.05, 4.69) is 24.8 Å². The van der Waals surface area contributed by atoms with Gasteiger partial charge in [0.15, 0.2) is 0 Å². The average Bonchev–Trinajstić information content (AvgIpc) is 2.77. The first-order valence-electron chi connectivity index (χ1n) is 6.73. The predicted molar refractivity (Wildman–Crippen MR) is 81.7 cm³/mol. The molecule has 0 amide bonds. The van der Waals surface area contributed by atoms with E-state index in [4.69, 9.17) is 11.6 Å². The summed E-state index contributed by atoms with van der Waals surface area (Å²) in [5.41, 5.74) is 3.66. The number of rotatable bonds is 2. The number of aryl methyl sites for hydroxylation is 1. The van der Waals surface area contributed by atoms with Crippen molar-refractivity contribution in [1.29, 1.82) is 0 Å². The van der Waals surface area contributed by atoms with Gasteiger partial charge in [0.2, 0.25) is 0 Å². The van der Waals surface area contributed by atoms with Crippen LogP contribution in [0.25, 0.3) is 10.8 Å². The van der Waals surface area contributed by atoms with Gasteiger partial charge in [-0.1, -0.05) is 18.2 Å². The molecule has 1 N–H and O–H groups in total. The quantitative estimate of drug-likeness (QED) is 0.837. The maximum absolute atomic E-state index is 10.3. The van der Waals surface area contributed by atoms with Gasteiger partial charge in [-0.25, -0.2) is 0 Å². The number of likely N-dealkylation sites (N-methyl/N-ethyl adjacent to an activating group) is 1. The molecule has 0 radical (unpaired) electrons. The van der Waals surface area contributed by atoms with Crippen LogP contribution in [0.2, 0.25) is 0 Å². The van der Waals surface area contributed by atoms with Crippen molar-refractivity contribution in [1.82, 2.24) is 0 Å². The van der Waals surface area contributed by atoms with Crippen LogP contribution < -0.4 is 4.90 Å². The highest BCUT2D eigenvalue weighted by molar-refractivity contribution is 6.18. The number of benzene rings is 2. The number of fused-ring (bicyclic) bond motifs is 3. The summed E-state index contributed by atoms with van der Waals surface area (Å²) >= 11 is 6.16. The molecule has 100 valence electrons. The summed E-state index contributed by atoms with van der Waals surface area (Å²) in [5, 5.41) is 12.4. The Morgan fingerprint density at radius 1 is 1.42 bits per heavy atom. The molecule has 1 aliphatic rings. The summed E-state index contributed by atoms with van der Waals surface area (Å²) in [4.78, 5) is 2.30. The first-order chi connectivity index (χ1) is 9.17. The standard InChI is InChI=1S/C16H18ClNO/c1-3-18-9-11(8-17)16-13(18)7-14(19)12-6-4-5-10(2)15(12)16/h4-7,11,19H,3,8-9H2,1-2H3/t11-/m1/s1. The van der Waals surface area contributed by atoms with Gasteiger partial charge in [0.1, 0.15) is 5.75 Å². The van der Waals surface area contributed by atoms with Crippen molar-refractivity contribution < 1.29 is 5.11 Å². The molecule has 1 atom stereocenters. The monoisotopic (exact) mass is 275 g/mol. The van der Waals surface area contributed by atoms with E-state index in [1.807, 2.05) is 18.2 Å². The van der Waals surface area contributed by atoms with E-state index in [0.29, 0.717) is 17.5 Å². The number of anilines is 1. The zero-order valence-electron chi connectivity index (χ0n) is 11.3. The molecule has 0 fully saturated rings. The smallest absolute Gasteiger partial charge is 0.125 e. The highest BCUT2D eigenvalue weighted by Crippen LogP contribution is 2.45. The summed E-state index contributed by atoms with van der Waals surface area (Å²) < 4.78 is 0. The van der Waals surface area contributed by atoms with E-state index in [0.717, 1.165) is 24.2 Å². The summed E-state index contributed by atoms with van der Waals surface area (Å²) in [6.07, 6.45) is 0. The molecule has 2 nitrogen and oxygen atoms in total. The SMILES string of the molecule is CCN1C[C@@H](CCl)c2c1cc(O)c1cccc(C)c21. The third-order valence-corrected chi connectivity index (χ3v) is 4.50. The summed E-state index contributed by atoms with van der Waals surface area (Å²) in [6.45, 7) is 6.13. The summed E-state index contributed by atoms with van der Waals surface area (Å²) in [6, 6.07) is 7.97. The van der Waals surface area contributed by atoms with Gasteiger partial charge >= 0.3 is 0 Å². The van der Waals surface area contributed by atoms with E-state index in [1.54, 1.807) is 0 Å². The number of hydrogen-bond donors (Lipinski definition) is 1. The van der Waals surface area contributed by atoms with E-state index >= 15 is 0 Å². The van der Waals surface area contributed by atoms with E-state index in [-0.39, 0.29) is 0 Å². The molecule has 2 aromatic carbocycles. The lowest BCUT2D eigenvalue weighted by Gasteiger charge is -2.18. The molecular weight excluding hydrogens is 258 g/mol. The Labute approximate surface area is 118 Å². The average molecular weight is 276 g/mol. The topological polar surface area (TPSA) is 23.5 Å². The molecule has 19 heavy (non-hydrogen) atoms. The summed E-state index contributed by atoms with van der Waals surface area (Å²) in [7, 11) is 0. The van der Waals surface area contributed by atoms with Crippen molar-refractivity contribution in [2.24, 2.45) is 0 Å². The molecular formula is C16H18ClNO. The first-order valence-corrected chi connectivity index (χ1v) is 7.27. The predicted octanol–water partition coefficient (Wildman–Crippen LogP) is 4.02. The molecule has 0 aromatic heterocycles. The molecule has 0 bridgehead atoms. The highest BCUT2D eigenvalue weighted by Gasteiger charge is 2.30. The van der Waals surface area contributed by atoms with E-state index < -0.39 is 0 Å². The van der Waals surface area contributed by atoms with Crippen LogP contribution >= 0.6 is 11.6 Å². The van der Waals surface area contributed by atoms with Crippen LogP contribution in [-0.2, 0) is 0 Å². The number of phenolic OH excluding ortho intramolecular Hbond substituents is 1. The van der Waals surface area contributed by atoms with Crippen molar-refractivity contribution in [3.05, 3.63) is 35.4 Å². The minimum atomic E-state index is 0.348. The number of aromatic hydroxyl groups is 1. The molecule has 0 saturated heterocycles. The lowest BCUT2D eigenvalue weighted by molar-refractivity contribution is 0.481. The van der Waals surface area contributed by atoms with E-state index in [9.17, 15) is 5.11 Å². The van der Waals surface area contributed by atoms with Crippen molar-refractivity contribution in [2.75, 3.05) is 23.9 Å². The number of alkyl halides is 1. The first kappa shape index (κ1) is 12.6.